The largest absolute Gasteiger partial charge is 0.324 e. The molecule has 1 unspecified atom stereocenters. The van der Waals surface area contributed by atoms with Gasteiger partial charge in [0.2, 0.25) is 0 Å². The molecule has 0 amide bonds. The first-order chi connectivity index (χ1) is 8.58. The number of hydrogen-bond donors (Lipinski definition) is 1. The third kappa shape index (κ3) is 2.71. The molecule has 1 atom stereocenters. The quantitative estimate of drug-likeness (QED) is 0.657. The van der Waals surface area contributed by atoms with Gasteiger partial charge in [-0.05, 0) is 12.5 Å². The summed E-state index contributed by atoms with van der Waals surface area (Å²) in [4.78, 5) is 10.2. The van der Waals surface area contributed by atoms with Gasteiger partial charge < -0.3 is 9.88 Å². The van der Waals surface area contributed by atoms with Crippen LogP contribution in [0.5, 0.6) is 0 Å². The van der Waals surface area contributed by atoms with Crippen molar-refractivity contribution in [3.8, 4) is 0 Å². The van der Waals surface area contributed by atoms with Crippen molar-refractivity contribution in [1.29, 1.82) is 0 Å². The van der Waals surface area contributed by atoms with Crippen LogP contribution in [0.1, 0.15) is 24.4 Å². The Labute approximate surface area is 108 Å². The van der Waals surface area contributed by atoms with Gasteiger partial charge in [0.25, 0.3) is 0 Å². The first-order valence-electron chi connectivity index (χ1n) is 5.37. The third-order valence-electron chi connectivity index (χ3n) is 2.57. The summed E-state index contributed by atoms with van der Waals surface area (Å²) in [5, 5.41) is 23.6. The lowest BCUT2D eigenvalue weighted by Crippen LogP contribution is -2.20. The molecule has 0 radical (unpaired) electrons. The van der Waals surface area contributed by atoms with E-state index in [1.807, 2.05) is 18.5 Å². The van der Waals surface area contributed by atoms with Gasteiger partial charge in [-0.2, -0.15) is 0 Å². The Balaban J connectivity index is 1.95. The fourth-order valence-electron chi connectivity index (χ4n) is 1.60. The van der Waals surface area contributed by atoms with Crippen LogP contribution < -0.4 is 5.32 Å². The lowest BCUT2D eigenvalue weighted by atomic mass is 10.2. The maximum atomic E-state index is 10.6. The van der Waals surface area contributed by atoms with Gasteiger partial charge in [-0.1, -0.05) is 11.3 Å². The molecule has 2 rings (SSSR count). The molecule has 0 spiro atoms. The van der Waals surface area contributed by atoms with Crippen LogP contribution in [0.4, 0.5) is 5.00 Å². The summed E-state index contributed by atoms with van der Waals surface area (Å²) in [6.07, 6.45) is 1.64. The van der Waals surface area contributed by atoms with Crippen LogP contribution in [0.2, 0.25) is 0 Å². The molecule has 18 heavy (non-hydrogen) atoms. The molecular weight excluding hydrogens is 254 g/mol. The Kier molecular flexibility index (Phi) is 3.68. The molecule has 0 aliphatic heterocycles. The minimum Gasteiger partial charge on any atom is -0.319 e. The SMILES string of the molecule is CC(NCc1csc([N+](=O)[O-])c1)c1nncn1C. The number of thiophene rings is 1. The Morgan fingerprint density at radius 3 is 3.00 bits per heavy atom. The van der Waals surface area contributed by atoms with Gasteiger partial charge in [-0.15, -0.1) is 10.2 Å². The molecule has 0 bridgehead atoms. The fourth-order valence-corrected chi connectivity index (χ4v) is 2.33. The van der Waals surface area contributed by atoms with E-state index >= 15 is 0 Å². The predicted octanol–water partition coefficient (Wildman–Crippen LogP) is 1.64. The van der Waals surface area contributed by atoms with E-state index in [1.54, 1.807) is 17.8 Å². The fraction of sp³-hybridized carbons (Fsp3) is 0.400. The van der Waals surface area contributed by atoms with Crippen LogP contribution in [0.15, 0.2) is 17.8 Å². The monoisotopic (exact) mass is 267 g/mol. The van der Waals surface area contributed by atoms with Gasteiger partial charge in [0.05, 0.1) is 11.0 Å². The molecule has 2 heterocycles. The highest BCUT2D eigenvalue weighted by Gasteiger charge is 2.13. The number of hydrogen-bond acceptors (Lipinski definition) is 6. The van der Waals surface area contributed by atoms with Gasteiger partial charge in [-0.25, -0.2) is 0 Å². The second-order valence-corrected chi connectivity index (χ2v) is 4.84. The molecule has 8 heteroatoms. The van der Waals surface area contributed by atoms with Crippen LogP contribution >= 0.6 is 11.3 Å². The first kappa shape index (κ1) is 12.7. The number of nitrogens with zero attached hydrogens (tertiary/aromatic N) is 4. The highest BCUT2D eigenvalue weighted by molar-refractivity contribution is 7.13. The zero-order valence-electron chi connectivity index (χ0n) is 10.0. The van der Waals surface area contributed by atoms with Crippen molar-refractivity contribution < 1.29 is 4.92 Å². The third-order valence-corrected chi connectivity index (χ3v) is 3.49. The summed E-state index contributed by atoms with van der Waals surface area (Å²) in [6, 6.07) is 1.62. The Bertz CT molecular complexity index is 550. The lowest BCUT2D eigenvalue weighted by Gasteiger charge is -2.11. The molecule has 0 aliphatic rings. The maximum absolute atomic E-state index is 10.6. The highest BCUT2D eigenvalue weighted by atomic mass is 32.1. The van der Waals surface area contributed by atoms with E-state index in [-0.39, 0.29) is 16.0 Å². The van der Waals surface area contributed by atoms with Crippen molar-refractivity contribution in [2.24, 2.45) is 7.05 Å². The second-order valence-electron chi connectivity index (χ2n) is 3.95. The molecule has 2 aromatic rings. The number of nitrogens with one attached hydrogen (secondary N) is 1. The molecule has 96 valence electrons. The molecule has 0 saturated carbocycles. The Hall–Kier alpha value is -1.80. The van der Waals surface area contributed by atoms with E-state index in [9.17, 15) is 10.1 Å². The van der Waals surface area contributed by atoms with Crippen LogP contribution in [-0.4, -0.2) is 19.7 Å². The van der Waals surface area contributed by atoms with Gasteiger partial charge in [-0.3, -0.25) is 10.1 Å². The van der Waals surface area contributed by atoms with Crippen LogP contribution in [0, 0.1) is 10.1 Å². The van der Waals surface area contributed by atoms with Gasteiger partial charge in [0.1, 0.15) is 12.2 Å². The van der Waals surface area contributed by atoms with Crippen molar-refractivity contribution in [2.45, 2.75) is 19.5 Å². The minimum absolute atomic E-state index is 0.0384. The average molecular weight is 267 g/mol. The van der Waals surface area contributed by atoms with E-state index in [4.69, 9.17) is 0 Å². The number of aromatic nitrogens is 3. The van der Waals surface area contributed by atoms with Gasteiger partial charge >= 0.3 is 5.00 Å². The minimum atomic E-state index is -0.375. The summed E-state index contributed by atoms with van der Waals surface area (Å²) in [7, 11) is 1.88. The number of aryl methyl sites for hydroxylation is 1. The smallest absolute Gasteiger partial charge is 0.319 e. The summed E-state index contributed by atoms with van der Waals surface area (Å²) < 4.78 is 1.84. The molecule has 7 nitrogen and oxygen atoms in total. The molecule has 0 aliphatic carbocycles. The molecule has 2 aromatic heterocycles. The summed E-state index contributed by atoms with van der Waals surface area (Å²) in [6.45, 7) is 2.54. The summed E-state index contributed by atoms with van der Waals surface area (Å²) in [5.41, 5.74) is 0.903. The number of rotatable bonds is 5. The van der Waals surface area contributed by atoms with E-state index in [0.29, 0.717) is 6.54 Å². The van der Waals surface area contributed by atoms with E-state index in [2.05, 4.69) is 15.5 Å². The van der Waals surface area contributed by atoms with E-state index in [1.165, 1.54) is 0 Å². The van der Waals surface area contributed by atoms with E-state index < -0.39 is 0 Å². The summed E-state index contributed by atoms with van der Waals surface area (Å²) >= 11 is 1.14. The molecular formula is C10H13N5O2S. The Morgan fingerprint density at radius 1 is 1.67 bits per heavy atom. The zero-order chi connectivity index (χ0) is 13.1. The lowest BCUT2D eigenvalue weighted by molar-refractivity contribution is -0.380. The van der Waals surface area contributed by atoms with Gasteiger partial charge in [0, 0.05) is 25.0 Å². The Morgan fingerprint density at radius 2 is 2.44 bits per heavy atom. The highest BCUT2D eigenvalue weighted by Crippen LogP contribution is 2.22. The van der Waals surface area contributed by atoms with Crippen molar-refractivity contribution in [2.75, 3.05) is 0 Å². The first-order valence-corrected chi connectivity index (χ1v) is 6.25. The summed E-state index contributed by atoms with van der Waals surface area (Å²) in [5.74, 6) is 0.833. The van der Waals surface area contributed by atoms with Crippen molar-refractivity contribution in [1.82, 2.24) is 20.1 Å². The standard InChI is InChI=1S/C10H13N5O2S/c1-7(10-13-12-6-14(10)2)11-4-8-3-9(15(16)17)18-5-8/h3,5-7,11H,4H2,1-2H3. The van der Waals surface area contributed by atoms with Crippen LogP contribution in [-0.2, 0) is 13.6 Å². The normalized spacial score (nSPS) is 12.6. The maximum Gasteiger partial charge on any atom is 0.324 e. The topological polar surface area (TPSA) is 85.9 Å². The van der Waals surface area contributed by atoms with Crippen LogP contribution in [0.3, 0.4) is 0 Å². The van der Waals surface area contributed by atoms with Crippen LogP contribution in [0.25, 0.3) is 0 Å². The van der Waals surface area contributed by atoms with E-state index in [0.717, 1.165) is 22.7 Å². The van der Waals surface area contributed by atoms with Crippen molar-refractivity contribution in [3.05, 3.63) is 39.3 Å². The van der Waals surface area contributed by atoms with Crippen molar-refractivity contribution >= 4 is 16.3 Å². The average Bonchev–Trinajstić information content (AvgIpc) is 2.94. The molecule has 0 fully saturated rings. The van der Waals surface area contributed by atoms with Gasteiger partial charge in [0.15, 0.2) is 0 Å². The second kappa shape index (κ2) is 5.23. The van der Waals surface area contributed by atoms with Crippen molar-refractivity contribution in [3.63, 3.8) is 0 Å². The molecule has 1 N–H and O–H groups in total. The predicted molar refractivity (Wildman–Crippen MR) is 67.2 cm³/mol. The molecule has 0 aromatic carbocycles. The zero-order valence-corrected chi connectivity index (χ0v) is 10.8. The number of nitro groups is 1. The molecule has 0 saturated heterocycles.